The van der Waals surface area contributed by atoms with E-state index in [1.165, 1.54) is 4.90 Å². The van der Waals surface area contributed by atoms with Crippen LogP contribution in [-0.4, -0.2) is 63.7 Å². The minimum atomic E-state index is -0.152. The molecule has 3 N–H and O–H groups in total. The lowest BCUT2D eigenvalue weighted by molar-refractivity contribution is -0.892. The average Bonchev–Trinajstić information content (AvgIpc) is 2.61. The minimum absolute atomic E-state index is 0.0398. The van der Waals surface area contributed by atoms with Crippen LogP contribution >= 0.6 is 0 Å². The maximum absolute atomic E-state index is 12.0. The summed E-state index contributed by atoms with van der Waals surface area (Å²) in [5.41, 5.74) is 1.11. The Morgan fingerprint density at radius 3 is 2.54 bits per heavy atom. The van der Waals surface area contributed by atoms with Crippen LogP contribution in [0.5, 0.6) is 5.75 Å². The molecule has 0 spiro atoms. The molecule has 7 heteroatoms. The van der Waals surface area contributed by atoms with Gasteiger partial charge in [0.2, 0.25) is 5.91 Å². The zero-order valence-corrected chi connectivity index (χ0v) is 16.0. The van der Waals surface area contributed by atoms with Crippen molar-refractivity contribution < 1.29 is 19.2 Å². The molecule has 0 unspecified atom stereocenters. The van der Waals surface area contributed by atoms with Crippen molar-refractivity contribution in [3.63, 3.8) is 0 Å². The van der Waals surface area contributed by atoms with Crippen LogP contribution in [0.2, 0.25) is 0 Å². The zero-order chi connectivity index (χ0) is 18.9. The Balaban J connectivity index is 1.76. The second-order valence-electron chi connectivity index (χ2n) is 6.81. The predicted molar refractivity (Wildman–Crippen MR) is 102 cm³/mol. The SMILES string of the molecule is CCOc1ccccc1N1CC[NH+](CC(=O)NCC(=O)NC(C)C)CC1. The van der Waals surface area contributed by atoms with Gasteiger partial charge in [-0.3, -0.25) is 9.59 Å². The van der Waals surface area contributed by atoms with Crippen molar-refractivity contribution in [3.8, 4) is 5.75 Å². The normalized spacial score (nSPS) is 15.0. The third-order valence-corrected chi connectivity index (χ3v) is 4.28. The lowest BCUT2D eigenvalue weighted by atomic mass is 10.2. The molecular weight excluding hydrogens is 332 g/mol. The van der Waals surface area contributed by atoms with Crippen molar-refractivity contribution >= 4 is 17.5 Å². The number of amides is 2. The first-order valence-electron chi connectivity index (χ1n) is 9.36. The fraction of sp³-hybridized carbons (Fsp3) is 0.579. The highest BCUT2D eigenvalue weighted by Gasteiger charge is 2.24. The summed E-state index contributed by atoms with van der Waals surface area (Å²) >= 11 is 0. The van der Waals surface area contributed by atoms with Crippen LogP contribution in [0, 0.1) is 0 Å². The number of nitrogens with one attached hydrogen (secondary N) is 3. The molecule has 0 atom stereocenters. The zero-order valence-electron chi connectivity index (χ0n) is 16.0. The first-order chi connectivity index (χ1) is 12.5. The molecule has 2 amide bonds. The third-order valence-electron chi connectivity index (χ3n) is 4.28. The fourth-order valence-electron chi connectivity index (χ4n) is 3.08. The summed E-state index contributed by atoms with van der Waals surface area (Å²) in [6.07, 6.45) is 0. The number of para-hydroxylation sites is 2. The Labute approximate surface area is 155 Å². The maximum Gasteiger partial charge on any atom is 0.275 e. The molecule has 1 aliphatic rings. The number of ether oxygens (including phenoxy) is 1. The van der Waals surface area contributed by atoms with Gasteiger partial charge in [0.15, 0.2) is 6.54 Å². The van der Waals surface area contributed by atoms with Gasteiger partial charge < -0.3 is 25.2 Å². The summed E-state index contributed by atoms with van der Waals surface area (Å²) in [7, 11) is 0. The van der Waals surface area contributed by atoms with Crippen LogP contribution in [0.15, 0.2) is 24.3 Å². The highest BCUT2D eigenvalue weighted by Crippen LogP contribution is 2.27. The molecule has 0 bridgehead atoms. The first-order valence-corrected chi connectivity index (χ1v) is 9.36. The van der Waals surface area contributed by atoms with Crippen molar-refractivity contribution in [2.24, 2.45) is 0 Å². The van der Waals surface area contributed by atoms with Crippen LogP contribution in [0.3, 0.4) is 0 Å². The second-order valence-corrected chi connectivity index (χ2v) is 6.81. The molecule has 0 saturated carbocycles. The Bertz CT molecular complexity index is 598. The molecule has 1 aliphatic heterocycles. The van der Waals surface area contributed by atoms with E-state index in [0.29, 0.717) is 13.2 Å². The van der Waals surface area contributed by atoms with Gasteiger partial charge in [-0.1, -0.05) is 12.1 Å². The molecule has 144 valence electrons. The average molecular weight is 363 g/mol. The van der Waals surface area contributed by atoms with Gasteiger partial charge in [-0.05, 0) is 32.9 Å². The van der Waals surface area contributed by atoms with Crippen LogP contribution in [0.25, 0.3) is 0 Å². The number of carbonyl (C=O) groups is 2. The summed E-state index contributed by atoms with van der Waals surface area (Å²) in [5, 5.41) is 5.46. The summed E-state index contributed by atoms with van der Waals surface area (Å²) in [4.78, 5) is 27.2. The molecule has 0 radical (unpaired) electrons. The van der Waals surface area contributed by atoms with Crippen molar-refractivity contribution in [3.05, 3.63) is 24.3 Å². The molecule has 1 aromatic carbocycles. The maximum atomic E-state index is 12.0. The summed E-state index contributed by atoms with van der Waals surface area (Å²) in [5.74, 6) is 0.676. The number of hydrogen-bond acceptors (Lipinski definition) is 4. The van der Waals surface area contributed by atoms with E-state index in [-0.39, 0.29) is 24.4 Å². The van der Waals surface area contributed by atoms with Crippen molar-refractivity contribution in [2.45, 2.75) is 26.8 Å². The quantitative estimate of drug-likeness (QED) is 0.578. The van der Waals surface area contributed by atoms with Gasteiger partial charge in [-0.25, -0.2) is 0 Å². The van der Waals surface area contributed by atoms with Crippen LogP contribution in [0.1, 0.15) is 20.8 Å². The van der Waals surface area contributed by atoms with Gasteiger partial charge in [0.05, 0.1) is 45.0 Å². The number of anilines is 1. The van der Waals surface area contributed by atoms with Crippen LogP contribution < -0.4 is 25.2 Å². The molecule has 1 fully saturated rings. The van der Waals surface area contributed by atoms with E-state index in [1.807, 2.05) is 39.0 Å². The number of piperazine rings is 1. The van der Waals surface area contributed by atoms with Gasteiger partial charge in [0.25, 0.3) is 5.91 Å². The topological polar surface area (TPSA) is 75.1 Å². The molecule has 0 aromatic heterocycles. The van der Waals surface area contributed by atoms with Crippen molar-refractivity contribution in [1.29, 1.82) is 0 Å². The third kappa shape index (κ3) is 6.22. The molecule has 1 aromatic rings. The monoisotopic (exact) mass is 363 g/mol. The second kappa shape index (κ2) is 10.0. The van der Waals surface area contributed by atoms with Gasteiger partial charge in [0.1, 0.15) is 5.75 Å². The summed E-state index contributed by atoms with van der Waals surface area (Å²) in [6, 6.07) is 8.16. The Hall–Kier alpha value is -2.28. The highest BCUT2D eigenvalue weighted by molar-refractivity contribution is 5.85. The molecular formula is C19H31N4O3+. The van der Waals surface area contributed by atoms with E-state index in [4.69, 9.17) is 4.74 Å². The van der Waals surface area contributed by atoms with Crippen LogP contribution in [-0.2, 0) is 9.59 Å². The standard InChI is InChI=1S/C19H30N4O3/c1-4-26-17-8-6-5-7-16(17)23-11-9-22(10-12-23)14-19(25)20-13-18(24)21-15(2)3/h5-8,15H,4,9-14H2,1-3H3,(H,20,25)(H,21,24)/p+1. The highest BCUT2D eigenvalue weighted by atomic mass is 16.5. The number of quaternary nitrogens is 1. The summed E-state index contributed by atoms with van der Waals surface area (Å²) < 4.78 is 5.71. The number of hydrogen-bond donors (Lipinski definition) is 3. The fourth-order valence-corrected chi connectivity index (χ4v) is 3.08. The van der Waals surface area contributed by atoms with Crippen LogP contribution in [0.4, 0.5) is 5.69 Å². The van der Waals surface area contributed by atoms with Gasteiger partial charge >= 0.3 is 0 Å². The summed E-state index contributed by atoms with van der Waals surface area (Å²) in [6.45, 7) is 10.4. The van der Waals surface area contributed by atoms with Crippen molar-refractivity contribution in [2.75, 3.05) is 50.8 Å². The smallest absolute Gasteiger partial charge is 0.275 e. The Morgan fingerprint density at radius 1 is 1.19 bits per heavy atom. The molecule has 1 saturated heterocycles. The Morgan fingerprint density at radius 2 is 1.88 bits per heavy atom. The van der Waals surface area contributed by atoms with E-state index < -0.39 is 0 Å². The van der Waals surface area contributed by atoms with E-state index in [9.17, 15) is 9.59 Å². The molecule has 26 heavy (non-hydrogen) atoms. The van der Waals surface area contributed by atoms with E-state index in [2.05, 4.69) is 21.6 Å². The van der Waals surface area contributed by atoms with Crippen molar-refractivity contribution in [1.82, 2.24) is 10.6 Å². The number of benzene rings is 1. The largest absolute Gasteiger partial charge is 0.492 e. The number of rotatable bonds is 8. The number of nitrogens with zero attached hydrogens (tertiary/aromatic N) is 1. The molecule has 7 nitrogen and oxygen atoms in total. The van der Waals surface area contributed by atoms with E-state index in [1.54, 1.807) is 0 Å². The predicted octanol–water partition coefficient (Wildman–Crippen LogP) is -0.569. The number of carbonyl (C=O) groups excluding carboxylic acids is 2. The molecule has 0 aliphatic carbocycles. The Kier molecular flexibility index (Phi) is 7.72. The molecule has 1 heterocycles. The van der Waals surface area contributed by atoms with Gasteiger partial charge in [-0.2, -0.15) is 0 Å². The lowest BCUT2D eigenvalue weighted by Crippen LogP contribution is -3.16. The minimum Gasteiger partial charge on any atom is -0.492 e. The van der Waals surface area contributed by atoms with E-state index >= 15 is 0 Å². The first kappa shape index (κ1) is 20.0. The van der Waals surface area contributed by atoms with Gasteiger partial charge in [0, 0.05) is 6.04 Å². The van der Waals surface area contributed by atoms with E-state index in [0.717, 1.165) is 37.6 Å². The molecule has 2 rings (SSSR count). The lowest BCUT2D eigenvalue weighted by Gasteiger charge is -2.34. The van der Waals surface area contributed by atoms with Gasteiger partial charge in [-0.15, -0.1) is 0 Å².